The highest BCUT2D eigenvalue weighted by molar-refractivity contribution is 7.09. The minimum Gasteiger partial charge on any atom is -0.344 e. The van der Waals surface area contributed by atoms with Gasteiger partial charge in [0.2, 0.25) is 0 Å². The zero-order valence-corrected chi connectivity index (χ0v) is 19.7. The Morgan fingerprint density at radius 1 is 1.25 bits per heavy atom. The molecule has 1 amide bonds. The highest BCUT2D eigenvalue weighted by Gasteiger charge is 2.31. The highest BCUT2D eigenvalue weighted by Crippen LogP contribution is 2.33. The Hall–Kier alpha value is -2.51. The van der Waals surface area contributed by atoms with Gasteiger partial charge in [-0.2, -0.15) is 5.10 Å². The molecule has 7 heteroatoms. The fraction of sp³-hybridized carbons (Fsp3) is 0.480. The smallest absolute Gasteiger partial charge is 0.272 e. The lowest BCUT2D eigenvalue weighted by molar-refractivity contribution is 0.0942. The molecule has 0 radical (unpaired) electrons. The van der Waals surface area contributed by atoms with Crippen molar-refractivity contribution in [3.8, 4) is 0 Å². The van der Waals surface area contributed by atoms with Crippen molar-refractivity contribution in [2.75, 3.05) is 6.54 Å². The van der Waals surface area contributed by atoms with Crippen LogP contribution in [-0.4, -0.2) is 32.1 Å². The van der Waals surface area contributed by atoms with Crippen molar-refractivity contribution in [3.05, 3.63) is 68.9 Å². The van der Waals surface area contributed by atoms with Crippen molar-refractivity contribution >= 4 is 17.2 Å². The lowest BCUT2D eigenvalue weighted by Gasteiger charge is -2.28. The van der Waals surface area contributed by atoms with Gasteiger partial charge in [0, 0.05) is 55.4 Å². The van der Waals surface area contributed by atoms with Crippen LogP contribution in [0.25, 0.3) is 0 Å². The molecule has 5 rings (SSSR count). The van der Waals surface area contributed by atoms with E-state index in [1.807, 2.05) is 5.38 Å². The van der Waals surface area contributed by atoms with Crippen LogP contribution in [0.1, 0.15) is 70.5 Å². The van der Waals surface area contributed by atoms with Crippen LogP contribution in [0, 0.1) is 5.92 Å². The third-order valence-electron chi connectivity index (χ3n) is 6.49. The lowest BCUT2D eigenvalue weighted by atomic mass is 10.0. The van der Waals surface area contributed by atoms with Crippen LogP contribution in [0.4, 0.5) is 0 Å². The SMILES string of the molecule is CC(C)c1ccc(CN2CCc3c(c(C(=O)NCc4nccs4)nn3CC3CC3)C2)cc1. The summed E-state index contributed by atoms with van der Waals surface area (Å²) in [5, 5.41) is 10.7. The Morgan fingerprint density at radius 3 is 2.75 bits per heavy atom. The van der Waals surface area contributed by atoms with Crippen molar-refractivity contribution in [1.29, 1.82) is 0 Å². The molecule has 1 aromatic carbocycles. The third kappa shape index (κ3) is 4.79. The Balaban J connectivity index is 1.33. The summed E-state index contributed by atoms with van der Waals surface area (Å²) in [5.41, 5.74) is 5.64. The molecule has 0 spiro atoms. The van der Waals surface area contributed by atoms with Crippen LogP contribution < -0.4 is 5.32 Å². The van der Waals surface area contributed by atoms with Crippen LogP contribution in [-0.2, 0) is 32.6 Å². The van der Waals surface area contributed by atoms with Gasteiger partial charge in [0.15, 0.2) is 5.69 Å². The maximum atomic E-state index is 13.1. The van der Waals surface area contributed by atoms with E-state index >= 15 is 0 Å². The molecule has 2 aliphatic rings. The first-order valence-electron chi connectivity index (χ1n) is 11.6. The van der Waals surface area contributed by atoms with Gasteiger partial charge < -0.3 is 5.32 Å². The second-order valence-electron chi connectivity index (χ2n) is 9.36. The number of hydrogen-bond donors (Lipinski definition) is 1. The molecule has 1 aliphatic carbocycles. The number of amides is 1. The predicted molar refractivity (Wildman–Crippen MR) is 127 cm³/mol. The van der Waals surface area contributed by atoms with E-state index in [2.05, 4.69) is 58.0 Å². The maximum Gasteiger partial charge on any atom is 0.272 e. The van der Waals surface area contributed by atoms with Gasteiger partial charge in [-0.15, -0.1) is 11.3 Å². The van der Waals surface area contributed by atoms with Gasteiger partial charge >= 0.3 is 0 Å². The summed E-state index contributed by atoms with van der Waals surface area (Å²) in [4.78, 5) is 19.8. The number of hydrogen-bond acceptors (Lipinski definition) is 5. The fourth-order valence-corrected chi connectivity index (χ4v) is 4.96. The molecule has 32 heavy (non-hydrogen) atoms. The monoisotopic (exact) mass is 449 g/mol. The molecular formula is C25H31N5OS. The average molecular weight is 450 g/mol. The van der Waals surface area contributed by atoms with Crippen molar-refractivity contribution in [2.45, 2.75) is 65.2 Å². The summed E-state index contributed by atoms with van der Waals surface area (Å²) in [5.74, 6) is 1.18. The lowest BCUT2D eigenvalue weighted by Crippen LogP contribution is -2.32. The van der Waals surface area contributed by atoms with Gasteiger partial charge in [0.1, 0.15) is 5.01 Å². The van der Waals surface area contributed by atoms with E-state index in [4.69, 9.17) is 5.10 Å². The maximum absolute atomic E-state index is 13.1. The normalized spacial score (nSPS) is 16.3. The third-order valence-corrected chi connectivity index (χ3v) is 7.27. The molecule has 1 fully saturated rings. The quantitative estimate of drug-likeness (QED) is 0.555. The van der Waals surface area contributed by atoms with E-state index in [0.717, 1.165) is 49.1 Å². The fourth-order valence-electron chi connectivity index (χ4n) is 4.41. The van der Waals surface area contributed by atoms with E-state index < -0.39 is 0 Å². The Kier molecular flexibility index (Phi) is 6.11. The highest BCUT2D eigenvalue weighted by atomic mass is 32.1. The molecule has 0 atom stereocenters. The first-order chi connectivity index (χ1) is 15.6. The molecule has 6 nitrogen and oxygen atoms in total. The minimum atomic E-state index is -0.0888. The van der Waals surface area contributed by atoms with Gasteiger partial charge in [-0.1, -0.05) is 38.1 Å². The van der Waals surface area contributed by atoms with Crippen molar-refractivity contribution < 1.29 is 4.79 Å². The number of carbonyl (C=O) groups excluding carboxylic acids is 1. The average Bonchev–Trinajstić information content (AvgIpc) is 3.31. The molecule has 0 unspecified atom stereocenters. The number of benzene rings is 1. The molecule has 2 aromatic heterocycles. The van der Waals surface area contributed by atoms with Gasteiger partial charge in [0.25, 0.3) is 5.91 Å². The molecule has 1 aliphatic heterocycles. The largest absolute Gasteiger partial charge is 0.344 e. The van der Waals surface area contributed by atoms with E-state index in [1.165, 1.54) is 29.7 Å². The Labute approximate surface area is 193 Å². The molecule has 1 saturated carbocycles. The number of nitrogens with one attached hydrogen (secondary N) is 1. The van der Waals surface area contributed by atoms with Crippen LogP contribution in [0.2, 0.25) is 0 Å². The molecular weight excluding hydrogens is 418 g/mol. The van der Waals surface area contributed by atoms with Crippen molar-refractivity contribution in [2.24, 2.45) is 5.92 Å². The number of nitrogens with zero attached hydrogens (tertiary/aromatic N) is 4. The predicted octanol–water partition coefficient (Wildman–Crippen LogP) is 4.36. The topological polar surface area (TPSA) is 63.1 Å². The molecule has 3 heterocycles. The van der Waals surface area contributed by atoms with Crippen LogP contribution in [0.15, 0.2) is 35.8 Å². The number of rotatable bonds is 8. The summed E-state index contributed by atoms with van der Waals surface area (Å²) >= 11 is 1.56. The second-order valence-corrected chi connectivity index (χ2v) is 10.3. The summed E-state index contributed by atoms with van der Waals surface area (Å²) in [6.45, 7) is 8.50. The second kappa shape index (κ2) is 9.16. The Bertz CT molecular complexity index is 1070. The molecule has 0 bridgehead atoms. The number of thiazole rings is 1. The number of aromatic nitrogens is 3. The molecule has 0 saturated heterocycles. The first-order valence-corrected chi connectivity index (χ1v) is 12.5. The van der Waals surface area contributed by atoms with Gasteiger partial charge in [-0.25, -0.2) is 4.98 Å². The molecule has 1 N–H and O–H groups in total. The summed E-state index contributed by atoms with van der Waals surface area (Å²) in [6, 6.07) is 8.95. The minimum absolute atomic E-state index is 0.0888. The Morgan fingerprint density at radius 2 is 2.06 bits per heavy atom. The van der Waals surface area contributed by atoms with Crippen molar-refractivity contribution in [3.63, 3.8) is 0 Å². The zero-order chi connectivity index (χ0) is 22.1. The zero-order valence-electron chi connectivity index (χ0n) is 18.9. The summed E-state index contributed by atoms with van der Waals surface area (Å²) < 4.78 is 2.13. The summed E-state index contributed by atoms with van der Waals surface area (Å²) in [6.07, 6.45) is 5.26. The standard InChI is InChI=1S/C25H31N5OS/c1-17(2)20-7-5-18(6-8-20)14-29-11-9-22-21(16-29)24(28-30(22)15-19-3-4-19)25(31)27-13-23-26-10-12-32-23/h5-8,10,12,17,19H,3-4,9,11,13-16H2,1-2H3,(H,27,31). The van der Waals surface area contributed by atoms with Crippen LogP contribution in [0.5, 0.6) is 0 Å². The van der Waals surface area contributed by atoms with E-state index in [-0.39, 0.29) is 5.91 Å². The number of fused-ring (bicyclic) bond motifs is 1. The van der Waals surface area contributed by atoms with Gasteiger partial charge in [0.05, 0.1) is 6.54 Å². The van der Waals surface area contributed by atoms with Gasteiger partial charge in [-0.3, -0.25) is 14.4 Å². The van der Waals surface area contributed by atoms with Crippen LogP contribution >= 0.6 is 11.3 Å². The van der Waals surface area contributed by atoms with E-state index in [9.17, 15) is 4.79 Å². The van der Waals surface area contributed by atoms with Crippen molar-refractivity contribution in [1.82, 2.24) is 25.0 Å². The molecule has 3 aromatic rings. The first kappa shape index (κ1) is 21.3. The summed E-state index contributed by atoms with van der Waals surface area (Å²) in [7, 11) is 0. The molecule has 168 valence electrons. The van der Waals surface area contributed by atoms with E-state index in [1.54, 1.807) is 17.5 Å². The van der Waals surface area contributed by atoms with Gasteiger partial charge in [-0.05, 0) is 35.8 Å². The number of carbonyl (C=O) groups is 1. The van der Waals surface area contributed by atoms with E-state index in [0.29, 0.717) is 18.2 Å². The van der Waals surface area contributed by atoms with Crippen LogP contribution in [0.3, 0.4) is 0 Å².